The monoisotopic (exact) mass is 322 g/mol. The fraction of sp³-hybridized carbons (Fsp3) is 0.400. The van der Waals surface area contributed by atoms with Crippen molar-refractivity contribution in [2.45, 2.75) is 44.2 Å². The predicted molar refractivity (Wildman–Crippen MR) is 83.8 cm³/mol. The quantitative estimate of drug-likeness (QED) is 0.850. The molecule has 0 saturated heterocycles. The smallest absolute Gasteiger partial charge is 0.243 e. The van der Waals surface area contributed by atoms with Gasteiger partial charge in [0.1, 0.15) is 5.01 Å². The van der Waals surface area contributed by atoms with Crippen LogP contribution >= 0.6 is 11.3 Å². The molecule has 1 heterocycles. The highest BCUT2D eigenvalue weighted by Crippen LogP contribution is 2.34. The fourth-order valence-electron chi connectivity index (χ4n) is 2.45. The summed E-state index contributed by atoms with van der Waals surface area (Å²) in [5, 5.41) is 2.72. The summed E-state index contributed by atoms with van der Waals surface area (Å²) in [6.07, 6.45) is 3.60. The number of aromatic nitrogens is 1. The Morgan fingerprint density at radius 3 is 2.67 bits per heavy atom. The molecule has 112 valence electrons. The molecule has 1 saturated carbocycles. The molecule has 0 amide bonds. The third-order valence-electron chi connectivity index (χ3n) is 3.65. The minimum Gasteiger partial charge on any atom is -0.248 e. The number of hydrogen-bond acceptors (Lipinski definition) is 4. The largest absolute Gasteiger partial charge is 0.248 e. The average Bonchev–Trinajstić information content (AvgIpc) is 3.11. The van der Waals surface area contributed by atoms with E-state index in [1.807, 2.05) is 31.4 Å². The van der Waals surface area contributed by atoms with Gasteiger partial charge in [0, 0.05) is 17.6 Å². The summed E-state index contributed by atoms with van der Waals surface area (Å²) in [5.41, 5.74) is 1.88. The van der Waals surface area contributed by atoms with Crippen LogP contribution in [0, 0.1) is 13.8 Å². The summed E-state index contributed by atoms with van der Waals surface area (Å²) in [5.74, 6) is 0. The maximum Gasteiger partial charge on any atom is 0.243 e. The summed E-state index contributed by atoms with van der Waals surface area (Å²) >= 11 is 1.50. The van der Waals surface area contributed by atoms with E-state index < -0.39 is 10.0 Å². The van der Waals surface area contributed by atoms with Crippen molar-refractivity contribution in [3.8, 4) is 0 Å². The summed E-state index contributed by atoms with van der Waals surface area (Å²) in [4.78, 5) is 4.64. The van der Waals surface area contributed by atoms with Crippen LogP contribution in [0.3, 0.4) is 0 Å². The van der Waals surface area contributed by atoms with Gasteiger partial charge in [-0.05, 0) is 38.3 Å². The molecular weight excluding hydrogens is 304 g/mol. The highest BCUT2D eigenvalue weighted by atomic mass is 32.2. The molecule has 0 unspecified atom stereocenters. The Balaban J connectivity index is 1.97. The van der Waals surface area contributed by atoms with Gasteiger partial charge >= 0.3 is 0 Å². The van der Waals surface area contributed by atoms with E-state index in [1.54, 1.807) is 16.6 Å². The van der Waals surface area contributed by atoms with Crippen LogP contribution < -0.4 is 0 Å². The first-order valence-corrected chi connectivity index (χ1v) is 9.28. The van der Waals surface area contributed by atoms with E-state index in [0.717, 1.165) is 29.0 Å². The van der Waals surface area contributed by atoms with E-state index in [1.165, 1.54) is 11.3 Å². The van der Waals surface area contributed by atoms with Gasteiger partial charge in [0.05, 0.1) is 11.4 Å². The lowest BCUT2D eigenvalue weighted by molar-refractivity contribution is 0.397. The second kappa shape index (κ2) is 5.51. The zero-order valence-corrected chi connectivity index (χ0v) is 13.7. The van der Waals surface area contributed by atoms with Crippen molar-refractivity contribution in [2.24, 2.45) is 0 Å². The third kappa shape index (κ3) is 3.02. The molecule has 0 spiro atoms. The zero-order valence-electron chi connectivity index (χ0n) is 12.1. The van der Waals surface area contributed by atoms with Crippen LogP contribution in [0.15, 0.2) is 34.7 Å². The Morgan fingerprint density at radius 1 is 1.33 bits per heavy atom. The molecule has 1 fully saturated rings. The molecule has 1 aromatic carbocycles. The first-order valence-electron chi connectivity index (χ1n) is 6.96. The summed E-state index contributed by atoms with van der Waals surface area (Å²) in [6.45, 7) is 4.20. The molecule has 0 radical (unpaired) electrons. The molecule has 1 aliphatic carbocycles. The Labute approximate surface area is 129 Å². The number of nitrogens with zero attached hydrogens (tertiary/aromatic N) is 2. The highest BCUT2D eigenvalue weighted by Gasteiger charge is 2.39. The Kier molecular flexibility index (Phi) is 3.86. The van der Waals surface area contributed by atoms with Crippen molar-refractivity contribution in [2.75, 3.05) is 0 Å². The standard InChI is InChI=1S/C15H18N2O2S2/c1-11-3-6-14(12(2)9-11)21(18,19)17(13-4-5-13)10-15-16-7-8-20-15/h3,6-9,13H,4-5,10H2,1-2H3. The van der Waals surface area contributed by atoms with Gasteiger partial charge in [-0.25, -0.2) is 13.4 Å². The summed E-state index contributed by atoms with van der Waals surface area (Å²) in [6, 6.07) is 5.62. The van der Waals surface area contributed by atoms with Gasteiger partial charge in [-0.2, -0.15) is 4.31 Å². The van der Waals surface area contributed by atoms with Crippen molar-refractivity contribution in [1.29, 1.82) is 0 Å². The average molecular weight is 322 g/mol. The van der Waals surface area contributed by atoms with E-state index in [2.05, 4.69) is 4.98 Å². The fourth-order valence-corrected chi connectivity index (χ4v) is 5.00. The molecular formula is C15H18N2O2S2. The van der Waals surface area contributed by atoms with E-state index in [9.17, 15) is 8.42 Å². The van der Waals surface area contributed by atoms with E-state index in [0.29, 0.717) is 11.4 Å². The van der Waals surface area contributed by atoms with E-state index in [4.69, 9.17) is 0 Å². The topological polar surface area (TPSA) is 50.3 Å². The molecule has 1 aromatic heterocycles. The first kappa shape index (κ1) is 14.7. The lowest BCUT2D eigenvalue weighted by atomic mass is 10.2. The van der Waals surface area contributed by atoms with Gasteiger partial charge in [-0.3, -0.25) is 0 Å². The SMILES string of the molecule is Cc1ccc(S(=O)(=O)N(Cc2nccs2)C2CC2)c(C)c1. The van der Waals surface area contributed by atoms with Crippen LogP contribution in [0.1, 0.15) is 29.0 Å². The van der Waals surface area contributed by atoms with Crippen molar-refractivity contribution in [3.63, 3.8) is 0 Å². The Hall–Kier alpha value is -1.24. The maximum absolute atomic E-state index is 13.0. The van der Waals surface area contributed by atoms with Gasteiger partial charge in [-0.15, -0.1) is 11.3 Å². The lowest BCUT2D eigenvalue weighted by Crippen LogP contribution is -2.33. The number of rotatable bonds is 5. The van der Waals surface area contributed by atoms with Crippen molar-refractivity contribution < 1.29 is 8.42 Å². The molecule has 2 aromatic rings. The molecule has 21 heavy (non-hydrogen) atoms. The first-order chi connectivity index (χ1) is 9.98. The molecule has 0 bridgehead atoms. The van der Waals surface area contributed by atoms with Crippen LogP contribution in [-0.2, 0) is 16.6 Å². The van der Waals surface area contributed by atoms with Crippen LogP contribution in [0.4, 0.5) is 0 Å². The predicted octanol–water partition coefficient (Wildman–Crippen LogP) is 3.11. The molecule has 0 N–H and O–H groups in total. The normalized spacial score (nSPS) is 15.6. The Bertz CT molecular complexity index is 735. The summed E-state index contributed by atoms with van der Waals surface area (Å²) < 4.78 is 27.6. The minimum absolute atomic E-state index is 0.125. The van der Waals surface area contributed by atoms with Crippen LogP contribution in [0.5, 0.6) is 0 Å². The number of aryl methyl sites for hydroxylation is 2. The minimum atomic E-state index is -3.46. The van der Waals surface area contributed by atoms with Crippen molar-refractivity contribution >= 4 is 21.4 Å². The van der Waals surface area contributed by atoms with Crippen molar-refractivity contribution in [3.05, 3.63) is 45.9 Å². The molecule has 4 nitrogen and oxygen atoms in total. The molecule has 1 aliphatic rings. The van der Waals surface area contributed by atoms with Crippen LogP contribution in [0.25, 0.3) is 0 Å². The summed E-state index contributed by atoms with van der Waals surface area (Å²) in [7, 11) is -3.46. The van der Waals surface area contributed by atoms with Crippen LogP contribution in [-0.4, -0.2) is 23.7 Å². The maximum atomic E-state index is 13.0. The Morgan fingerprint density at radius 2 is 2.10 bits per heavy atom. The second-order valence-electron chi connectivity index (χ2n) is 5.48. The van der Waals surface area contributed by atoms with Gasteiger partial charge in [-0.1, -0.05) is 17.7 Å². The number of benzene rings is 1. The second-order valence-corrected chi connectivity index (χ2v) is 8.31. The van der Waals surface area contributed by atoms with Crippen molar-refractivity contribution in [1.82, 2.24) is 9.29 Å². The van der Waals surface area contributed by atoms with Gasteiger partial charge in [0.25, 0.3) is 0 Å². The molecule has 3 rings (SSSR count). The third-order valence-corrected chi connectivity index (χ3v) is 6.47. The van der Waals surface area contributed by atoms with Gasteiger partial charge in [0.2, 0.25) is 10.0 Å². The van der Waals surface area contributed by atoms with Crippen LogP contribution in [0.2, 0.25) is 0 Å². The van der Waals surface area contributed by atoms with E-state index >= 15 is 0 Å². The number of thiazole rings is 1. The molecule has 0 aliphatic heterocycles. The van der Waals surface area contributed by atoms with E-state index in [-0.39, 0.29) is 6.04 Å². The zero-order chi connectivity index (χ0) is 15.0. The molecule has 6 heteroatoms. The number of sulfonamides is 1. The number of hydrogen-bond donors (Lipinski definition) is 0. The lowest BCUT2D eigenvalue weighted by Gasteiger charge is -2.22. The van der Waals surface area contributed by atoms with Gasteiger partial charge < -0.3 is 0 Å². The molecule has 0 atom stereocenters. The highest BCUT2D eigenvalue weighted by molar-refractivity contribution is 7.89. The van der Waals surface area contributed by atoms with Gasteiger partial charge in [0.15, 0.2) is 0 Å².